The van der Waals surface area contributed by atoms with Crippen LogP contribution in [0.25, 0.3) is 98.4 Å². The zero-order chi connectivity index (χ0) is 46.5. The van der Waals surface area contributed by atoms with E-state index in [1.807, 2.05) is 0 Å². The summed E-state index contributed by atoms with van der Waals surface area (Å²) in [4.78, 5) is 4.82. The second-order valence-electron chi connectivity index (χ2n) is 18.5. The van der Waals surface area contributed by atoms with Crippen LogP contribution in [0, 0.1) is 13.8 Å². The maximum atomic E-state index is 6.94. The Morgan fingerprint density at radius 2 is 0.643 bits per heavy atom. The molecule has 0 saturated heterocycles. The molecule has 4 heteroatoms. The minimum atomic E-state index is 0.855. The SMILES string of the molecule is Cc1cccc2c1oc1c(N(c3cccc(-c4ccccc4)c3)c3ccc4ccc5c(N(c6cccc(-c7ccccc7)c6)c6cccc7c6oc6c(C)cccc67)ccc6ccc3c4c65)cccc12. The van der Waals surface area contributed by atoms with Crippen LogP contribution in [0.2, 0.25) is 0 Å². The van der Waals surface area contributed by atoms with Crippen molar-refractivity contribution in [3.63, 3.8) is 0 Å². The lowest BCUT2D eigenvalue weighted by Gasteiger charge is -2.29. The Morgan fingerprint density at radius 1 is 0.271 bits per heavy atom. The number of hydrogen-bond acceptors (Lipinski definition) is 4. The zero-order valence-corrected chi connectivity index (χ0v) is 38.7. The fourth-order valence-corrected chi connectivity index (χ4v) is 11.1. The molecule has 14 rings (SSSR count). The summed E-state index contributed by atoms with van der Waals surface area (Å²) in [6.07, 6.45) is 0. The van der Waals surface area contributed by atoms with Crippen LogP contribution < -0.4 is 9.80 Å². The third-order valence-electron chi connectivity index (χ3n) is 14.4. The van der Waals surface area contributed by atoms with E-state index in [2.05, 4.69) is 254 Å². The fraction of sp³-hybridized carbons (Fsp3) is 0.0303. The highest BCUT2D eigenvalue weighted by atomic mass is 16.3. The van der Waals surface area contributed by atoms with Gasteiger partial charge in [-0.05, 0) is 117 Å². The lowest BCUT2D eigenvalue weighted by atomic mass is 9.91. The molecular weight excluding hydrogens is 853 g/mol. The number of rotatable bonds is 8. The average Bonchev–Trinajstić information content (AvgIpc) is 4.01. The first-order chi connectivity index (χ1) is 34.6. The first-order valence-corrected chi connectivity index (χ1v) is 24.0. The smallest absolute Gasteiger partial charge is 0.159 e. The van der Waals surface area contributed by atoms with Gasteiger partial charge in [0, 0.05) is 43.7 Å². The van der Waals surface area contributed by atoms with E-state index in [1.54, 1.807) is 0 Å². The van der Waals surface area contributed by atoms with Gasteiger partial charge in [-0.3, -0.25) is 0 Å². The number of hydrogen-bond donors (Lipinski definition) is 0. The van der Waals surface area contributed by atoms with Crippen molar-refractivity contribution >= 4 is 110 Å². The van der Waals surface area contributed by atoms with Crippen molar-refractivity contribution in [2.75, 3.05) is 9.80 Å². The molecule has 14 aromatic rings. The van der Waals surface area contributed by atoms with Crippen LogP contribution in [0.4, 0.5) is 34.1 Å². The Labute approximate surface area is 404 Å². The Morgan fingerprint density at radius 3 is 1.09 bits per heavy atom. The molecule has 0 saturated carbocycles. The third-order valence-corrected chi connectivity index (χ3v) is 14.4. The van der Waals surface area contributed by atoms with Crippen molar-refractivity contribution < 1.29 is 8.83 Å². The van der Waals surface area contributed by atoms with Crippen LogP contribution in [-0.2, 0) is 0 Å². The number of fused-ring (bicyclic) bond motifs is 6. The molecule has 0 aliphatic carbocycles. The van der Waals surface area contributed by atoms with Gasteiger partial charge in [0.25, 0.3) is 0 Å². The van der Waals surface area contributed by atoms with Gasteiger partial charge in [-0.15, -0.1) is 0 Å². The zero-order valence-electron chi connectivity index (χ0n) is 38.7. The Kier molecular flexibility index (Phi) is 8.99. The summed E-state index contributed by atoms with van der Waals surface area (Å²) in [7, 11) is 0. The van der Waals surface area contributed by atoms with E-state index in [4.69, 9.17) is 8.83 Å². The highest BCUT2D eigenvalue weighted by Crippen LogP contribution is 2.51. The van der Waals surface area contributed by atoms with Gasteiger partial charge in [-0.1, -0.05) is 182 Å². The number of furan rings is 2. The van der Waals surface area contributed by atoms with Crippen molar-refractivity contribution in [2.24, 2.45) is 0 Å². The molecule has 12 aromatic carbocycles. The molecule has 0 N–H and O–H groups in total. The van der Waals surface area contributed by atoms with Crippen LogP contribution in [0.15, 0.2) is 239 Å². The maximum absolute atomic E-state index is 6.94. The topological polar surface area (TPSA) is 32.8 Å². The number of nitrogens with zero attached hydrogens (tertiary/aromatic N) is 2. The second-order valence-corrected chi connectivity index (χ2v) is 18.5. The summed E-state index contributed by atoms with van der Waals surface area (Å²) in [5, 5.41) is 11.5. The van der Waals surface area contributed by atoms with E-state index in [1.165, 1.54) is 21.5 Å². The van der Waals surface area contributed by atoms with Crippen molar-refractivity contribution in [3.05, 3.63) is 242 Å². The van der Waals surface area contributed by atoms with Gasteiger partial charge in [-0.2, -0.15) is 0 Å². The van der Waals surface area contributed by atoms with E-state index in [9.17, 15) is 0 Å². The molecule has 0 atom stereocenters. The van der Waals surface area contributed by atoms with E-state index in [0.29, 0.717) is 0 Å². The minimum Gasteiger partial charge on any atom is -0.454 e. The van der Waals surface area contributed by atoms with Gasteiger partial charge in [0.05, 0.1) is 22.7 Å². The monoisotopic (exact) mass is 896 g/mol. The van der Waals surface area contributed by atoms with Gasteiger partial charge >= 0.3 is 0 Å². The molecule has 4 nitrogen and oxygen atoms in total. The van der Waals surface area contributed by atoms with E-state index < -0.39 is 0 Å². The van der Waals surface area contributed by atoms with Crippen molar-refractivity contribution in [3.8, 4) is 22.3 Å². The molecule has 0 unspecified atom stereocenters. The quantitative estimate of drug-likeness (QED) is 0.142. The lowest BCUT2D eigenvalue weighted by Crippen LogP contribution is -2.12. The molecule has 70 heavy (non-hydrogen) atoms. The largest absolute Gasteiger partial charge is 0.454 e. The molecule has 0 spiro atoms. The summed E-state index contributed by atoms with van der Waals surface area (Å²) in [5.41, 5.74) is 16.6. The number of aryl methyl sites for hydroxylation is 2. The van der Waals surface area contributed by atoms with Crippen LogP contribution in [0.5, 0.6) is 0 Å². The van der Waals surface area contributed by atoms with Gasteiger partial charge in [0.1, 0.15) is 11.2 Å². The molecular formula is C66H44N2O2. The van der Waals surface area contributed by atoms with Crippen LogP contribution >= 0.6 is 0 Å². The van der Waals surface area contributed by atoms with Gasteiger partial charge in [0.15, 0.2) is 11.2 Å². The predicted molar refractivity (Wildman–Crippen MR) is 294 cm³/mol. The van der Waals surface area contributed by atoms with Gasteiger partial charge < -0.3 is 18.6 Å². The molecule has 2 heterocycles. The molecule has 0 radical (unpaired) electrons. The molecule has 0 fully saturated rings. The molecule has 2 aromatic heterocycles. The summed E-state index contributed by atoms with van der Waals surface area (Å²) in [6, 6.07) is 83.3. The van der Waals surface area contributed by atoms with Crippen LogP contribution in [0.1, 0.15) is 11.1 Å². The number of para-hydroxylation sites is 4. The standard InChI is InChI=1S/C66H44N2O2/c1-41-15-9-25-51-53-27-13-29-59(65(53)69-63(41)51)67(49-23-11-21-47(39-49)43-17-5-3-6-18-43)57-37-33-45-32-36-56-58(38-34-46-31-35-55(57)61(45)62(46)56)68(50-24-12-22-48(40-50)44-19-7-4-8-20-44)60-30-14-28-54-52-26-10-16-42(2)64(52)70-66(54)60/h3-40H,1-2H3. The highest BCUT2D eigenvalue weighted by molar-refractivity contribution is 6.29. The first kappa shape index (κ1) is 40.0. The Bertz CT molecular complexity index is 4060. The first-order valence-electron chi connectivity index (χ1n) is 24.0. The van der Waals surface area contributed by atoms with Crippen LogP contribution in [-0.4, -0.2) is 0 Å². The Hall–Kier alpha value is -9.12. The maximum Gasteiger partial charge on any atom is 0.159 e. The molecule has 330 valence electrons. The number of benzene rings is 12. The summed E-state index contributed by atoms with van der Waals surface area (Å²) < 4.78 is 13.9. The molecule has 0 bridgehead atoms. The second kappa shape index (κ2) is 15.7. The van der Waals surface area contributed by atoms with Crippen molar-refractivity contribution in [1.29, 1.82) is 0 Å². The average molecular weight is 897 g/mol. The number of anilines is 6. The van der Waals surface area contributed by atoms with E-state index in [0.717, 1.165) is 122 Å². The minimum absolute atomic E-state index is 0.855. The predicted octanol–water partition coefficient (Wildman–Crippen LogP) is 19.3. The van der Waals surface area contributed by atoms with Gasteiger partial charge in [0.2, 0.25) is 0 Å². The molecule has 0 aliphatic rings. The summed E-state index contributed by atoms with van der Waals surface area (Å²) in [6.45, 7) is 4.25. The van der Waals surface area contributed by atoms with Crippen molar-refractivity contribution in [2.45, 2.75) is 13.8 Å². The summed E-state index contributed by atoms with van der Waals surface area (Å²) >= 11 is 0. The van der Waals surface area contributed by atoms with E-state index in [-0.39, 0.29) is 0 Å². The third kappa shape index (κ3) is 6.16. The molecule has 0 aliphatic heterocycles. The van der Waals surface area contributed by atoms with E-state index >= 15 is 0 Å². The normalized spacial score (nSPS) is 11.9. The highest BCUT2D eigenvalue weighted by Gasteiger charge is 2.26. The fourth-order valence-electron chi connectivity index (χ4n) is 11.1. The van der Waals surface area contributed by atoms with Gasteiger partial charge in [-0.25, -0.2) is 0 Å². The molecule has 0 amide bonds. The summed E-state index contributed by atoms with van der Waals surface area (Å²) in [5.74, 6) is 0. The van der Waals surface area contributed by atoms with Crippen molar-refractivity contribution in [1.82, 2.24) is 0 Å². The van der Waals surface area contributed by atoms with Crippen LogP contribution in [0.3, 0.4) is 0 Å². The lowest BCUT2D eigenvalue weighted by molar-refractivity contribution is 0.665. The Balaban J connectivity index is 1.04.